The molecule has 4 heteroatoms. The molecule has 1 aliphatic heterocycles. The van der Waals surface area contributed by atoms with Crippen LogP contribution >= 0.6 is 0 Å². The van der Waals surface area contributed by atoms with Gasteiger partial charge in [-0.05, 0) is 79.3 Å². The van der Waals surface area contributed by atoms with Crippen LogP contribution in [0.3, 0.4) is 0 Å². The summed E-state index contributed by atoms with van der Waals surface area (Å²) in [6, 6.07) is 57.6. The summed E-state index contributed by atoms with van der Waals surface area (Å²) >= 11 is 0. The molecular formula is C45H29N3O. The first-order valence-electron chi connectivity index (χ1n) is 16.6. The van der Waals surface area contributed by atoms with Gasteiger partial charge >= 0.3 is 0 Å². The van der Waals surface area contributed by atoms with Crippen molar-refractivity contribution in [1.82, 2.24) is 5.32 Å². The van der Waals surface area contributed by atoms with Crippen molar-refractivity contribution >= 4 is 65.9 Å². The molecule has 1 aromatic heterocycles. The largest absolute Gasteiger partial charge is 0.456 e. The Morgan fingerprint density at radius 3 is 2.02 bits per heavy atom. The van der Waals surface area contributed by atoms with Gasteiger partial charge < -0.3 is 9.73 Å². The van der Waals surface area contributed by atoms with Crippen molar-refractivity contribution in [3.8, 4) is 11.1 Å². The van der Waals surface area contributed by atoms with Crippen LogP contribution in [-0.2, 0) is 0 Å². The zero-order valence-electron chi connectivity index (χ0n) is 26.5. The molecule has 10 rings (SSSR count). The van der Waals surface area contributed by atoms with Crippen LogP contribution in [0.2, 0.25) is 0 Å². The molecule has 1 atom stereocenters. The maximum absolute atomic E-state index is 6.53. The van der Waals surface area contributed by atoms with Gasteiger partial charge in [-0.2, -0.15) is 0 Å². The SMILES string of the molecule is c1ccc(C2N=C(c3ccc4ccc5ccccc5c4c3)N=C(c3cc(-c4ccc5ccccc5c4)cc4oc5ccccc5c34)N2)cc1. The highest BCUT2D eigenvalue weighted by Crippen LogP contribution is 2.37. The molecule has 8 aromatic carbocycles. The van der Waals surface area contributed by atoms with Crippen LogP contribution in [0.15, 0.2) is 178 Å². The molecule has 0 fully saturated rings. The third-order valence-electron chi connectivity index (χ3n) is 9.68. The first-order valence-corrected chi connectivity index (χ1v) is 16.6. The first kappa shape index (κ1) is 27.6. The van der Waals surface area contributed by atoms with Crippen LogP contribution in [0.25, 0.3) is 65.4 Å². The van der Waals surface area contributed by atoms with Crippen LogP contribution in [0, 0.1) is 0 Å². The molecule has 0 bridgehead atoms. The first-order chi connectivity index (χ1) is 24.2. The van der Waals surface area contributed by atoms with E-state index in [9.17, 15) is 0 Å². The Morgan fingerprint density at radius 1 is 0.469 bits per heavy atom. The van der Waals surface area contributed by atoms with Gasteiger partial charge in [0.15, 0.2) is 5.84 Å². The standard InChI is InChI=1S/C45H29N3O/c1-2-12-31(13-3-1)43-46-44(34-23-21-30-20-19-29-11-6-7-15-36(29)38(30)25-34)48-45(47-43)39-26-35(33-22-18-28-10-4-5-14-32(28)24-33)27-41-42(39)37-16-8-9-17-40(37)49-41/h1-27,43H,(H,46,47,48). The zero-order chi connectivity index (χ0) is 32.3. The highest BCUT2D eigenvalue weighted by atomic mass is 16.3. The fourth-order valence-corrected chi connectivity index (χ4v) is 7.24. The van der Waals surface area contributed by atoms with Crippen LogP contribution in [0.5, 0.6) is 0 Å². The van der Waals surface area contributed by atoms with E-state index >= 15 is 0 Å². The molecule has 0 radical (unpaired) electrons. The van der Waals surface area contributed by atoms with Crippen molar-refractivity contribution < 1.29 is 4.42 Å². The number of rotatable bonds is 4. The molecule has 0 saturated heterocycles. The second-order valence-corrected chi connectivity index (χ2v) is 12.7. The maximum Gasteiger partial charge on any atom is 0.159 e. The third-order valence-corrected chi connectivity index (χ3v) is 9.68. The molecule has 230 valence electrons. The fourth-order valence-electron chi connectivity index (χ4n) is 7.24. The number of nitrogens with zero attached hydrogens (tertiary/aromatic N) is 2. The predicted octanol–water partition coefficient (Wildman–Crippen LogP) is 11.2. The summed E-state index contributed by atoms with van der Waals surface area (Å²) in [5.41, 5.74) is 6.87. The average Bonchev–Trinajstić information content (AvgIpc) is 3.56. The average molecular weight is 628 g/mol. The van der Waals surface area contributed by atoms with Crippen molar-refractivity contribution in [2.45, 2.75) is 6.17 Å². The Bertz CT molecular complexity index is 2810. The summed E-state index contributed by atoms with van der Waals surface area (Å²) in [5, 5.41) is 13.0. The van der Waals surface area contributed by atoms with Crippen molar-refractivity contribution in [2.75, 3.05) is 0 Å². The molecule has 0 spiro atoms. The number of benzene rings is 8. The van der Waals surface area contributed by atoms with Gasteiger partial charge in [0.05, 0.1) is 0 Å². The van der Waals surface area contributed by atoms with Gasteiger partial charge in [0.1, 0.15) is 23.2 Å². The number of hydrogen-bond acceptors (Lipinski definition) is 4. The number of hydrogen-bond donors (Lipinski definition) is 1. The minimum absolute atomic E-state index is 0.329. The van der Waals surface area contributed by atoms with Crippen LogP contribution in [-0.4, -0.2) is 11.7 Å². The number of fused-ring (bicyclic) bond motifs is 7. The number of amidine groups is 2. The highest BCUT2D eigenvalue weighted by Gasteiger charge is 2.25. The Kier molecular flexibility index (Phi) is 6.21. The lowest BCUT2D eigenvalue weighted by molar-refractivity contribution is 0.668. The van der Waals surface area contributed by atoms with Crippen LogP contribution in [0.4, 0.5) is 0 Å². The van der Waals surface area contributed by atoms with Crippen molar-refractivity contribution in [1.29, 1.82) is 0 Å². The minimum Gasteiger partial charge on any atom is -0.456 e. The molecule has 1 aliphatic rings. The van der Waals surface area contributed by atoms with Gasteiger partial charge in [0, 0.05) is 21.9 Å². The number of nitrogens with one attached hydrogen (secondary N) is 1. The molecule has 2 heterocycles. The Balaban J connectivity index is 1.21. The number of furan rings is 1. The molecule has 4 nitrogen and oxygen atoms in total. The van der Waals surface area contributed by atoms with E-state index in [0.29, 0.717) is 5.84 Å². The molecular weight excluding hydrogens is 599 g/mol. The van der Waals surface area contributed by atoms with E-state index in [2.05, 4.69) is 151 Å². The molecule has 9 aromatic rings. The molecule has 0 saturated carbocycles. The summed E-state index contributed by atoms with van der Waals surface area (Å²) < 4.78 is 6.53. The summed E-state index contributed by atoms with van der Waals surface area (Å²) in [6.45, 7) is 0. The molecule has 49 heavy (non-hydrogen) atoms. The van der Waals surface area contributed by atoms with Gasteiger partial charge in [0.2, 0.25) is 0 Å². The van der Waals surface area contributed by atoms with E-state index in [1.807, 2.05) is 18.2 Å². The smallest absolute Gasteiger partial charge is 0.159 e. The molecule has 1 unspecified atom stereocenters. The summed E-state index contributed by atoms with van der Waals surface area (Å²) in [7, 11) is 0. The molecule has 1 N–H and O–H groups in total. The Morgan fingerprint density at radius 2 is 1.14 bits per heavy atom. The predicted molar refractivity (Wildman–Crippen MR) is 204 cm³/mol. The Hall–Kier alpha value is -6.52. The quantitative estimate of drug-likeness (QED) is 0.197. The van der Waals surface area contributed by atoms with Gasteiger partial charge in [0.25, 0.3) is 0 Å². The lowest BCUT2D eigenvalue weighted by Gasteiger charge is -2.24. The summed E-state index contributed by atoms with van der Waals surface area (Å²) in [6.07, 6.45) is -0.329. The highest BCUT2D eigenvalue weighted by molar-refractivity contribution is 6.23. The van der Waals surface area contributed by atoms with Crippen molar-refractivity contribution in [3.63, 3.8) is 0 Å². The minimum atomic E-state index is -0.329. The maximum atomic E-state index is 6.53. The fraction of sp³-hybridized carbons (Fsp3) is 0.0222. The summed E-state index contributed by atoms with van der Waals surface area (Å²) in [5.74, 6) is 1.45. The van der Waals surface area contributed by atoms with Gasteiger partial charge in [-0.25, -0.2) is 9.98 Å². The van der Waals surface area contributed by atoms with Gasteiger partial charge in [-0.3, -0.25) is 0 Å². The lowest BCUT2D eigenvalue weighted by Crippen LogP contribution is -2.33. The zero-order valence-corrected chi connectivity index (χ0v) is 26.5. The van der Waals surface area contributed by atoms with Crippen molar-refractivity contribution in [3.05, 3.63) is 180 Å². The van der Waals surface area contributed by atoms with E-state index in [0.717, 1.165) is 55.6 Å². The number of aliphatic imine (C=N–C) groups is 2. The topological polar surface area (TPSA) is 49.9 Å². The monoisotopic (exact) mass is 627 g/mol. The van der Waals surface area contributed by atoms with Crippen LogP contribution < -0.4 is 5.32 Å². The normalized spacial score (nSPS) is 14.7. The van der Waals surface area contributed by atoms with Gasteiger partial charge in [-0.1, -0.05) is 133 Å². The van der Waals surface area contributed by atoms with E-state index < -0.39 is 0 Å². The van der Waals surface area contributed by atoms with E-state index in [4.69, 9.17) is 14.4 Å². The lowest BCUT2D eigenvalue weighted by atomic mass is 9.96. The van der Waals surface area contributed by atoms with E-state index in [1.54, 1.807) is 0 Å². The second kappa shape index (κ2) is 11.0. The Labute approximate surface area is 282 Å². The molecule has 0 aliphatic carbocycles. The van der Waals surface area contributed by atoms with E-state index in [-0.39, 0.29) is 6.17 Å². The van der Waals surface area contributed by atoms with E-state index in [1.165, 1.54) is 32.3 Å². The molecule has 0 amide bonds. The second-order valence-electron chi connectivity index (χ2n) is 12.7. The van der Waals surface area contributed by atoms with Gasteiger partial charge in [-0.15, -0.1) is 0 Å². The third kappa shape index (κ3) is 4.68. The summed E-state index contributed by atoms with van der Waals surface area (Å²) in [4.78, 5) is 10.5. The van der Waals surface area contributed by atoms with Crippen molar-refractivity contribution in [2.24, 2.45) is 9.98 Å². The number of para-hydroxylation sites is 1. The van der Waals surface area contributed by atoms with Crippen LogP contribution in [0.1, 0.15) is 22.9 Å².